The highest BCUT2D eigenvalue weighted by Gasteiger charge is 2.26. The van der Waals surface area contributed by atoms with Gasteiger partial charge in [0, 0.05) is 53.3 Å². The topological polar surface area (TPSA) is 113 Å². The van der Waals surface area contributed by atoms with E-state index in [0.29, 0.717) is 24.8 Å². The second-order valence-corrected chi connectivity index (χ2v) is 10.4. The van der Waals surface area contributed by atoms with Crippen molar-refractivity contribution in [1.82, 2.24) is 20.3 Å². The number of aromatic nitrogens is 1. The average Bonchev–Trinajstić information content (AvgIpc) is 2.71. The van der Waals surface area contributed by atoms with Crippen LogP contribution in [0.1, 0.15) is 39.5 Å². The summed E-state index contributed by atoms with van der Waals surface area (Å²) >= 11 is 0. The first kappa shape index (κ1) is 22.8. The molecular weight excluding hydrogens is 398 g/mol. The minimum absolute atomic E-state index is 0.140. The Balaban J connectivity index is 1.87. The van der Waals surface area contributed by atoms with Crippen LogP contribution in [0.5, 0.6) is 0 Å². The van der Waals surface area contributed by atoms with Gasteiger partial charge < -0.3 is 10.6 Å². The Kier molecular flexibility index (Phi) is 9.33. The first-order chi connectivity index (χ1) is 13.5. The summed E-state index contributed by atoms with van der Waals surface area (Å²) in [6, 6.07) is 3.33. The third-order valence-corrected chi connectivity index (χ3v) is 7.77. The van der Waals surface area contributed by atoms with Gasteiger partial charge in [0.1, 0.15) is 4.90 Å². The SMILES string of the molecule is CCNC(=NCCNS(=O)(=O)c1cccnc1)NC1CCCC(S(=O)CC)C1. The van der Waals surface area contributed by atoms with E-state index in [1.54, 1.807) is 6.07 Å². The normalized spacial score (nSPS) is 21.9. The van der Waals surface area contributed by atoms with Gasteiger partial charge in [-0.1, -0.05) is 13.3 Å². The van der Waals surface area contributed by atoms with Crippen LogP contribution in [-0.4, -0.2) is 60.2 Å². The predicted molar refractivity (Wildman–Crippen MR) is 113 cm³/mol. The molecule has 1 fully saturated rings. The van der Waals surface area contributed by atoms with Crippen molar-refractivity contribution in [2.45, 2.75) is 55.7 Å². The maximum atomic E-state index is 12.2. The summed E-state index contributed by atoms with van der Waals surface area (Å²) in [5.41, 5.74) is 0. The largest absolute Gasteiger partial charge is 0.357 e. The molecule has 1 aromatic heterocycles. The molecule has 0 amide bonds. The fraction of sp³-hybridized carbons (Fsp3) is 0.667. The molecule has 1 heterocycles. The first-order valence-electron chi connectivity index (χ1n) is 9.78. The van der Waals surface area contributed by atoms with Crippen molar-refractivity contribution in [3.8, 4) is 0 Å². The van der Waals surface area contributed by atoms with Crippen LogP contribution < -0.4 is 15.4 Å². The van der Waals surface area contributed by atoms with Crippen LogP contribution in [0.15, 0.2) is 34.4 Å². The highest BCUT2D eigenvalue weighted by molar-refractivity contribution is 7.89. The summed E-state index contributed by atoms with van der Waals surface area (Å²) in [7, 11) is -4.34. The van der Waals surface area contributed by atoms with Crippen molar-refractivity contribution in [1.29, 1.82) is 0 Å². The molecule has 158 valence electrons. The summed E-state index contributed by atoms with van der Waals surface area (Å²) in [6.07, 6.45) is 6.81. The fourth-order valence-electron chi connectivity index (χ4n) is 3.20. The van der Waals surface area contributed by atoms with E-state index in [0.717, 1.165) is 25.7 Å². The Morgan fingerprint density at radius 3 is 2.86 bits per heavy atom. The number of guanidine groups is 1. The van der Waals surface area contributed by atoms with Gasteiger partial charge in [-0.3, -0.25) is 14.2 Å². The Hall–Kier alpha value is -1.52. The molecule has 3 N–H and O–H groups in total. The number of sulfonamides is 1. The molecule has 1 saturated carbocycles. The van der Waals surface area contributed by atoms with Gasteiger partial charge in [-0.15, -0.1) is 0 Å². The Morgan fingerprint density at radius 2 is 2.18 bits per heavy atom. The van der Waals surface area contributed by atoms with Crippen molar-refractivity contribution in [3.05, 3.63) is 24.5 Å². The number of hydrogen-bond donors (Lipinski definition) is 3. The molecule has 0 aliphatic heterocycles. The Morgan fingerprint density at radius 1 is 1.36 bits per heavy atom. The summed E-state index contributed by atoms with van der Waals surface area (Å²) in [6.45, 7) is 5.17. The first-order valence-corrected chi connectivity index (χ1v) is 12.6. The maximum absolute atomic E-state index is 12.2. The monoisotopic (exact) mass is 429 g/mol. The molecule has 0 bridgehead atoms. The van der Waals surface area contributed by atoms with Gasteiger partial charge >= 0.3 is 0 Å². The third kappa shape index (κ3) is 7.14. The number of nitrogens with one attached hydrogen (secondary N) is 3. The lowest BCUT2D eigenvalue weighted by Crippen LogP contribution is -2.47. The van der Waals surface area contributed by atoms with Crippen LogP contribution in [-0.2, 0) is 20.8 Å². The minimum Gasteiger partial charge on any atom is -0.357 e. The predicted octanol–water partition coefficient (Wildman–Crippen LogP) is 0.995. The van der Waals surface area contributed by atoms with Gasteiger partial charge in [-0.2, -0.15) is 0 Å². The lowest BCUT2D eigenvalue weighted by atomic mass is 9.95. The highest BCUT2D eigenvalue weighted by atomic mass is 32.2. The molecule has 0 spiro atoms. The molecule has 1 aromatic rings. The van der Waals surface area contributed by atoms with Crippen LogP contribution in [0.3, 0.4) is 0 Å². The number of rotatable bonds is 9. The van der Waals surface area contributed by atoms with Gasteiger partial charge in [-0.05, 0) is 38.3 Å². The molecule has 3 unspecified atom stereocenters. The molecule has 28 heavy (non-hydrogen) atoms. The van der Waals surface area contributed by atoms with Gasteiger partial charge in [0.2, 0.25) is 10.0 Å². The molecule has 1 aliphatic carbocycles. The van der Waals surface area contributed by atoms with Crippen molar-refractivity contribution in [2.24, 2.45) is 4.99 Å². The molecule has 10 heteroatoms. The van der Waals surface area contributed by atoms with E-state index in [1.165, 1.54) is 18.5 Å². The van der Waals surface area contributed by atoms with E-state index < -0.39 is 20.8 Å². The second kappa shape index (κ2) is 11.5. The second-order valence-electron chi connectivity index (χ2n) is 6.65. The molecule has 3 atom stereocenters. The van der Waals surface area contributed by atoms with Crippen LogP contribution in [0.4, 0.5) is 0 Å². The smallest absolute Gasteiger partial charge is 0.242 e. The van der Waals surface area contributed by atoms with E-state index >= 15 is 0 Å². The van der Waals surface area contributed by atoms with Gasteiger partial charge in [0.25, 0.3) is 0 Å². The van der Waals surface area contributed by atoms with Crippen LogP contribution in [0.2, 0.25) is 0 Å². The van der Waals surface area contributed by atoms with Crippen molar-refractivity contribution < 1.29 is 12.6 Å². The lowest BCUT2D eigenvalue weighted by molar-refractivity contribution is 0.413. The number of aliphatic imine (C=N–C) groups is 1. The summed E-state index contributed by atoms with van der Waals surface area (Å²) < 4.78 is 39.0. The van der Waals surface area contributed by atoms with Gasteiger partial charge in [-0.25, -0.2) is 13.1 Å². The zero-order valence-corrected chi connectivity index (χ0v) is 18.2. The molecular formula is C18H31N5O3S2. The van der Waals surface area contributed by atoms with Crippen LogP contribution >= 0.6 is 0 Å². The van der Waals surface area contributed by atoms with Gasteiger partial charge in [0.05, 0.1) is 6.54 Å². The van der Waals surface area contributed by atoms with E-state index in [1.807, 2.05) is 13.8 Å². The van der Waals surface area contributed by atoms with E-state index in [2.05, 4.69) is 25.3 Å². The third-order valence-electron chi connectivity index (χ3n) is 4.59. The fourth-order valence-corrected chi connectivity index (χ4v) is 5.53. The molecule has 1 aliphatic rings. The number of nitrogens with zero attached hydrogens (tertiary/aromatic N) is 2. The van der Waals surface area contributed by atoms with E-state index in [-0.39, 0.29) is 22.7 Å². The minimum atomic E-state index is -3.57. The zero-order valence-electron chi connectivity index (χ0n) is 16.6. The molecule has 0 radical (unpaired) electrons. The van der Waals surface area contributed by atoms with E-state index in [9.17, 15) is 12.6 Å². The molecule has 2 rings (SSSR count). The average molecular weight is 430 g/mol. The maximum Gasteiger partial charge on any atom is 0.242 e. The van der Waals surface area contributed by atoms with Crippen LogP contribution in [0.25, 0.3) is 0 Å². The van der Waals surface area contributed by atoms with Gasteiger partial charge in [0.15, 0.2) is 5.96 Å². The molecule has 0 saturated heterocycles. The summed E-state index contributed by atoms with van der Waals surface area (Å²) in [5.74, 6) is 1.36. The quantitative estimate of drug-likeness (QED) is 0.307. The number of pyridine rings is 1. The Labute approximate surface area is 170 Å². The van der Waals surface area contributed by atoms with Crippen molar-refractivity contribution in [2.75, 3.05) is 25.4 Å². The number of hydrogen-bond acceptors (Lipinski definition) is 5. The molecule has 8 nitrogen and oxygen atoms in total. The summed E-state index contributed by atoms with van der Waals surface area (Å²) in [5, 5.41) is 6.85. The Bertz CT molecular complexity index is 756. The van der Waals surface area contributed by atoms with Crippen molar-refractivity contribution >= 4 is 26.8 Å². The highest BCUT2D eigenvalue weighted by Crippen LogP contribution is 2.22. The summed E-state index contributed by atoms with van der Waals surface area (Å²) in [4.78, 5) is 8.44. The zero-order chi connectivity index (χ0) is 20.4. The molecule has 0 aromatic carbocycles. The standard InChI is InChI=1S/C18H31N5O3S2/c1-3-20-18(23-15-7-5-8-16(13-15)27(24)4-2)21-11-12-22-28(25,26)17-9-6-10-19-14-17/h6,9-10,14-16,22H,3-5,7-8,11-13H2,1-2H3,(H2,20,21,23). The van der Waals surface area contributed by atoms with Crippen LogP contribution in [0, 0.1) is 0 Å². The van der Waals surface area contributed by atoms with Crippen molar-refractivity contribution in [3.63, 3.8) is 0 Å². The van der Waals surface area contributed by atoms with E-state index in [4.69, 9.17) is 0 Å². The lowest BCUT2D eigenvalue weighted by Gasteiger charge is -2.30.